The summed E-state index contributed by atoms with van der Waals surface area (Å²) in [6, 6.07) is 3.99. The Morgan fingerprint density at radius 1 is 1.36 bits per heavy atom. The van der Waals surface area contributed by atoms with Gasteiger partial charge >= 0.3 is 0 Å². The number of allylic oxidation sites excluding steroid dienone is 1. The molecule has 1 aromatic rings. The van der Waals surface area contributed by atoms with Crippen molar-refractivity contribution < 1.29 is 0 Å². The van der Waals surface area contributed by atoms with Crippen molar-refractivity contribution in [1.82, 2.24) is 4.68 Å². The second kappa shape index (κ2) is 3.86. The number of nitrogens with one attached hydrogen (secondary N) is 1. The molecule has 0 aromatic carbocycles. The Morgan fingerprint density at radius 2 is 2.00 bits per heavy atom. The van der Waals surface area contributed by atoms with Crippen molar-refractivity contribution in [1.29, 1.82) is 0 Å². The Labute approximate surface area is 67.5 Å². The van der Waals surface area contributed by atoms with Crippen molar-refractivity contribution in [2.24, 2.45) is 0 Å². The van der Waals surface area contributed by atoms with Crippen LogP contribution in [0.25, 0.3) is 0 Å². The minimum absolute atomic E-state index is 0.886. The van der Waals surface area contributed by atoms with Gasteiger partial charge in [-0.15, -0.1) is 0 Å². The van der Waals surface area contributed by atoms with E-state index in [4.69, 9.17) is 0 Å². The molecule has 0 atom stereocenters. The number of rotatable bonds is 3. The van der Waals surface area contributed by atoms with Gasteiger partial charge in [0.05, 0.1) is 0 Å². The summed E-state index contributed by atoms with van der Waals surface area (Å²) in [5.74, 6) is 0. The third-order valence-electron chi connectivity index (χ3n) is 1.39. The zero-order valence-corrected chi connectivity index (χ0v) is 7.04. The van der Waals surface area contributed by atoms with Crippen LogP contribution in [0, 0.1) is 0 Å². The molecule has 0 bridgehead atoms. The van der Waals surface area contributed by atoms with Crippen LogP contribution in [0.15, 0.2) is 36.2 Å². The fraction of sp³-hybridized carbons (Fsp3) is 0.333. The first kappa shape index (κ1) is 7.92. The topological polar surface area (TPSA) is 17.0 Å². The molecule has 1 aromatic heterocycles. The molecule has 2 nitrogen and oxygen atoms in total. The maximum absolute atomic E-state index is 3.20. The Bertz CT molecular complexity index is 218. The first-order valence-electron chi connectivity index (χ1n) is 3.79. The van der Waals surface area contributed by atoms with Gasteiger partial charge in [0.25, 0.3) is 0 Å². The maximum Gasteiger partial charge on any atom is 0.0497 e. The van der Waals surface area contributed by atoms with Gasteiger partial charge in [-0.25, -0.2) is 0 Å². The summed E-state index contributed by atoms with van der Waals surface area (Å²) in [4.78, 5) is 0. The fourth-order valence-electron chi connectivity index (χ4n) is 0.795. The molecule has 1 heterocycles. The van der Waals surface area contributed by atoms with Gasteiger partial charge in [0, 0.05) is 18.9 Å². The van der Waals surface area contributed by atoms with Gasteiger partial charge in [-0.2, -0.15) is 0 Å². The summed E-state index contributed by atoms with van der Waals surface area (Å²) >= 11 is 0. The lowest BCUT2D eigenvalue weighted by Gasteiger charge is -2.03. The number of aromatic nitrogens is 1. The molecule has 1 rings (SSSR count). The third kappa shape index (κ3) is 2.94. The first-order valence-corrected chi connectivity index (χ1v) is 3.79. The van der Waals surface area contributed by atoms with Crippen LogP contribution in [-0.2, 0) is 0 Å². The summed E-state index contributed by atoms with van der Waals surface area (Å²) in [6.07, 6.45) is 6.12. The molecule has 0 aliphatic heterocycles. The number of nitrogens with zero attached hydrogens (tertiary/aromatic N) is 1. The number of hydrogen-bond donors (Lipinski definition) is 1. The average molecular weight is 150 g/mol. The molecule has 0 unspecified atom stereocenters. The molecule has 11 heavy (non-hydrogen) atoms. The molecule has 1 N–H and O–H groups in total. The van der Waals surface area contributed by atoms with Gasteiger partial charge in [0.1, 0.15) is 0 Å². The normalized spacial score (nSPS) is 9.27. The Hall–Kier alpha value is -1.18. The molecule has 0 aliphatic carbocycles. The van der Waals surface area contributed by atoms with Crippen LogP contribution in [-0.4, -0.2) is 11.2 Å². The van der Waals surface area contributed by atoms with Gasteiger partial charge in [0.2, 0.25) is 0 Å². The van der Waals surface area contributed by atoms with Crippen LogP contribution >= 0.6 is 0 Å². The minimum atomic E-state index is 0.886. The highest BCUT2D eigenvalue weighted by Crippen LogP contribution is 1.88. The molecule has 2 heteroatoms. The Morgan fingerprint density at radius 3 is 2.55 bits per heavy atom. The molecule has 0 saturated carbocycles. The van der Waals surface area contributed by atoms with Crippen LogP contribution < -0.4 is 5.43 Å². The number of hydrogen-bond acceptors (Lipinski definition) is 1. The minimum Gasteiger partial charge on any atom is -0.323 e. The van der Waals surface area contributed by atoms with Gasteiger partial charge in [-0.3, -0.25) is 4.68 Å². The van der Waals surface area contributed by atoms with E-state index in [-0.39, 0.29) is 0 Å². The van der Waals surface area contributed by atoms with Gasteiger partial charge in [0.15, 0.2) is 0 Å². The molecule has 0 amide bonds. The van der Waals surface area contributed by atoms with E-state index >= 15 is 0 Å². The van der Waals surface area contributed by atoms with Crippen molar-refractivity contribution in [3.05, 3.63) is 36.2 Å². The predicted octanol–water partition coefficient (Wildman–Crippen LogP) is 2.00. The predicted molar refractivity (Wildman–Crippen MR) is 48.1 cm³/mol. The van der Waals surface area contributed by atoms with Gasteiger partial charge in [-0.05, 0) is 26.0 Å². The lowest BCUT2D eigenvalue weighted by molar-refractivity contribution is 0.896. The van der Waals surface area contributed by atoms with E-state index in [1.165, 1.54) is 5.57 Å². The second-order valence-corrected chi connectivity index (χ2v) is 2.73. The third-order valence-corrected chi connectivity index (χ3v) is 1.39. The van der Waals surface area contributed by atoms with Crippen molar-refractivity contribution >= 4 is 0 Å². The monoisotopic (exact) mass is 150 g/mol. The molecular weight excluding hydrogens is 136 g/mol. The van der Waals surface area contributed by atoms with E-state index in [1.807, 2.05) is 29.2 Å². The van der Waals surface area contributed by atoms with Crippen molar-refractivity contribution in [2.75, 3.05) is 12.0 Å². The average Bonchev–Trinajstić information content (AvgIpc) is 2.39. The van der Waals surface area contributed by atoms with E-state index in [9.17, 15) is 0 Å². The highest BCUT2D eigenvalue weighted by atomic mass is 15.4. The Balaban J connectivity index is 2.30. The lowest BCUT2D eigenvalue weighted by Crippen LogP contribution is -2.11. The van der Waals surface area contributed by atoms with Crippen LogP contribution in [0.2, 0.25) is 0 Å². The van der Waals surface area contributed by atoms with E-state index in [0.717, 1.165) is 6.54 Å². The van der Waals surface area contributed by atoms with Crippen molar-refractivity contribution in [2.45, 2.75) is 13.8 Å². The van der Waals surface area contributed by atoms with E-state index in [2.05, 4.69) is 25.3 Å². The van der Waals surface area contributed by atoms with E-state index in [0.29, 0.717) is 0 Å². The van der Waals surface area contributed by atoms with Crippen molar-refractivity contribution in [3.63, 3.8) is 0 Å². The smallest absolute Gasteiger partial charge is 0.0497 e. The molecule has 0 spiro atoms. The van der Waals surface area contributed by atoms with E-state index < -0.39 is 0 Å². The second-order valence-electron chi connectivity index (χ2n) is 2.73. The van der Waals surface area contributed by atoms with Crippen molar-refractivity contribution in [3.8, 4) is 0 Å². The molecule has 0 radical (unpaired) electrons. The molecule has 0 aliphatic rings. The van der Waals surface area contributed by atoms with Crippen LogP contribution in [0.3, 0.4) is 0 Å². The van der Waals surface area contributed by atoms with Crippen LogP contribution in [0.1, 0.15) is 13.8 Å². The lowest BCUT2D eigenvalue weighted by atomic mass is 10.3. The molecule has 0 fully saturated rings. The fourth-order valence-corrected chi connectivity index (χ4v) is 0.795. The molecular formula is C9H14N2. The SMILES string of the molecule is CC(C)=CCNn1cccc1. The van der Waals surface area contributed by atoms with Gasteiger partial charge in [-0.1, -0.05) is 11.6 Å². The summed E-state index contributed by atoms with van der Waals surface area (Å²) < 4.78 is 1.94. The summed E-state index contributed by atoms with van der Waals surface area (Å²) in [7, 11) is 0. The Kier molecular flexibility index (Phi) is 2.78. The molecule has 60 valence electrons. The summed E-state index contributed by atoms with van der Waals surface area (Å²) in [5.41, 5.74) is 4.53. The van der Waals surface area contributed by atoms with Crippen LogP contribution in [0.5, 0.6) is 0 Å². The zero-order valence-electron chi connectivity index (χ0n) is 7.04. The quantitative estimate of drug-likeness (QED) is 0.652. The summed E-state index contributed by atoms with van der Waals surface area (Å²) in [6.45, 7) is 5.08. The van der Waals surface area contributed by atoms with Gasteiger partial charge < -0.3 is 5.43 Å². The zero-order chi connectivity index (χ0) is 8.10. The van der Waals surface area contributed by atoms with Crippen LogP contribution in [0.4, 0.5) is 0 Å². The largest absolute Gasteiger partial charge is 0.323 e. The standard InChI is InChI=1S/C9H14N2/c1-9(2)5-6-10-11-7-3-4-8-11/h3-5,7-8,10H,6H2,1-2H3. The highest BCUT2D eigenvalue weighted by molar-refractivity contribution is 5.00. The first-order chi connectivity index (χ1) is 5.29. The summed E-state index contributed by atoms with van der Waals surface area (Å²) in [5, 5.41) is 0. The highest BCUT2D eigenvalue weighted by Gasteiger charge is 1.82. The van der Waals surface area contributed by atoms with E-state index in [1.54, 1.807) is 0 Å². The maximum atomic E-state index is 3.20. The molecule has 0 saturated heterocycles.